The molecule has 0 unspecified atom stereocenters. The number of rotatable bonds is 4. The first-order valence-electron chi connectivity index (χ1n) is 8.88. The zero-order valence-corrected chi connectivity index (χ0v) is 14.5. The first-order valence-corrected chi connectivity index (χ1v) is 8.88. The molecule has 0 aromatic heterocycles. The standard InChI is InChI=1S/C21H20N2O3/c1-2-26-21(25)17-12-18(20(24)14-8-4-3-5-9-14)23-19(17)16-11-7-6-10-15(16)13-22-23/h3-11,13,17-19H,2,12H2,1H3/t17-,18-,19+/m1/s1. The fourth-order valence-corrected chi connectivity index (χ4v) is 3.89. The van der Waals surface area contributed by atoms with Crippen molar-refractivity contribution >= 4 is 18.0 Å². The van der Waals surface area contributed by atoms with Crippen molar-refractivity contribution in [3.63, 3.8) is 0 Å². The van der Waals surface area contributed by atoms with Gasteiger partial charge in [0.05, 0.1) is 24.8 Å². The highest BCUT2D eigenvalue weighted by Crippen LogP contribution is 2.45. The van der Waals surface area contributed by atoms with E-state index in [1.54, 1.807) is 30.3 Å². The predicted molar refractivity (Wildman–Crippen MR) is 97.9 cm³/mol. The third-order valence-electron chi connectivity index (χ3n) is 5.06. The van der Waals surface area contributed by atoms with Crippen molar-refractivity contribution in [3.8, 4) is 0 Å². The Morgan fingerprint density at radius 2 is 1.85 bits per heavy atom. The Balaban J connectivity index is 1.73. The molecule has 26 heavy (non-hydrogen) atoms. The molecule has 0 saturated carbocycles. The summed E-state index contributed by atoms with van der Waals surface area (Å²) in [6.45, 7) is 2.12. The van der Waals surface area contributed by atoms with Crippen LogP contribution in [-0.2, 0) is 9.53 Å². The van der Waals surface area contributed by atoms with Gasteiger partial charge in [0.25, 0.3) is 0 Å². The maximum absolute atomic E-state index is 13.1. The summed E-state index contributed by atoms with van der Waals surface area (Å²) in [6.07, 6.45) is 2.17. The van der Waals surface area contributed by atoms with Gasteiger partial charge in [-0.15, -0.1) is 0 Å². The van der Waals surface area contributed by atoms with Gasteiger partial charge in [-0.3, -0.25) is 14.6 Å². The van der Waals surface area contributed by atoms with E-state index in [0.717, 1.165) is 11.1 Å². The Bertz CT molecular complexity index is 863. The predicted octanol–water partition coefficient (Wildman–Crippen LogP) is 3.21. The lowest BCUT2D eigenvalue weighted by Gasteiger charge is -2.32. The molecule has 1 saturated heterocycles. The average molecular weight is 348 g/mol. The minimum Gasteiger partial charge on any atom is -0.466 e. The lowest BCUT2D eigenvalue weighted by Crippen LogP contribution is -2.36. The van der Waals surface area contributed by atoms with E-state index in [0.29, 0.717) is 18.6 Å². The van der Waals surface area contributed by atoms with E-state index in [2.05, 4.69) is 5.10 Å². The number of nitrogens with zero attached hydrogens (tertiary/aromatic N) is 2. The Morgan fingerprint density at radius 3 is 2.62 bits per heavy atom. The SMILES string of the molecule is CCOC(=O)[C@@H]1C[C@H](C(=O)c2ccccc2)N2N=Cc3ccccc3[C@@H]12. The number of carbonyl (C=O) groups excluding carboxylic acids is 2. The summed E-state index contributed by atoms with van der Waals surface area (Å²) in [7, 11) is 0. The van der Waals surface area contributed by atoms with Crippen LogP contribution in [0.25, 0.3) is 0 Å². The smallest absolute Gasteiger partial charge is 0.311 e. The van der Waals surface area contributed by atoms with Gasteiger partial charge < -0.3 is 4.74 Å². The minimum atomic E-state index is -0.471. The number of fused-ring (bicyclic) bond motifs is 3. The number of hydrogen-bond acceptors (Lipinski definition) is 5. The molecule has 2 aromatic carbocycles. The Hall–Kier alpha value is -2.95. The molecule has 5 nitrogen and oxygen atoms in total. The third kappa shape index (κ3) is 2.69. The maximum atomic E-state index is 13.1. The van der Waals surface area contributed by atoms with Gasteiger partial charge in [0.2, 0.25) is 0 Å². The van der Waals surface area contributed by atoms with Crippen molar-refractivity contribution in [1.82, 2.24) is 5.01 Å². The zero-order chi connectivity index (χ0) is 18.1. The number of ether oxygens (including phenoxy) is 1. The molecule has 0 amide bonds. The molecule has 1 fully saturated rings. The largest absolute Gasteiger partial charge is 0.466 e. The van der Waals surface area contributed by atoms with Gasteiger partial charge in [0.15, 0.2) is 5.78 Å². The fourth-order valence-electron chi connectivity index (χ4n) is 3.89. The molecule has 2 aromatic rings. The number of esters is 1. The average Bonchev–Trinajstić information content (AvgIpc) is 3.08. The molecule has 0 bridgehead atoms. The van der Waals surface area contributed by atoms with Crippen LogP contribution in [0.5, 0.6) is 0 Å². The Morgan fingerprint density at radius 1 is 1.12 bits per heavy atom. The monoisotopic (exact) mass is 348 g/mol. The van der Waals surface area contributed by atoms with Gasteiger partial charge in [-0.2, -0.15) is 5.10 Å². The van der Waals surface area contributed by atoms with Crippen LogP contribution in [0.15, 0.2) is 59.7 Å². The number of benzene rings is 2. The van der Waals surface area contributed by atoms with E-state index < -0.39 is 12.0 Å². The van der Waals surface area contributed by atoms with Crippen LogP contribution in [0.3, 0.4) is 0 Å². The highest BCUT2D eigenvalue weighted by Gasteiger charge is 2.50. The molecular formula is C21H20N2O3. The van der Waals surface area contributed by atoms with Gasteiger partial charge in [0.1, 0.15) is 6.04 Å². The van der Waals surface area contributed by atoms with E-state index >= 15 is 0 Å². The van der Waals surface area contributed by atoms with Crippen LogP contribution in [0.1, 0.15) is 40.9 Å². The summed E-state index contributed by atoms with van der Waals surface area (Å²) in [5.41, 5.74) is 2.63. The lowest BCUT2D eigenvalue weighted by molar-refractivity contribution is -0.149. The van der Waals surface area contributed by atoms with Crippen molar-refractivity contribution in [3.05, 3.63) is 71.3 Å². The number of hydrazone groups is 1. The van der Waals surface area contributed by atoms with Crippen LogP contribution >= 0.6 is 0 Å². The van der Waals surface area contributed by atoms with Crippen molar-refractivity contribution in [1.29, 1.82) is 0 Å². The fraction of sp³-hybridized carbons (Fsp3) is 0.286. The van der Waals surface area contributed by atoms with Crippen LogP contribution < -0.4 is 0 Å². The molecule has 2 aliphatic heterocycles. The van der Waals surface area contributed by atoms with Gasteiger partial charge in [-0.1, -0.05) is 54.6 Å². The van der Waals surface area contributed by atoms with Crippen LogP contribution in [0.2, 0.25) is 0 Å². The molecule has 132 valence electrons. The lowest BCUT2D eigenvalue weighted by atomic mass is 9.89. The Labute approximate surface area is 152 Å². The van der Waals surface area contributed by atoms with Crippen molar-refractivity contribution in [2.45, 2.75) is 25.4 Å². The summed E-state index contributed by atoms with van der Waals surface area (Å²) in [4.78, 5) is 25.7. The summed E-state index contributed by atoms with van der Waals surface area (Å²) >= 11 is 0. The maximum Gasteiger partial charge on any atom is 0.311 e. The van der Waals surface area contributed by atoms with E-state index in [9.17, 15) is 9.59 Å². The zero-order valence-electron chi connectivity index (χ0n) is 14.5. The molecule has 3 atom stereocenters. The topological polar surface area (TPSA) is 59.0 Å². The van der Waals surface area contributed by atoms with E-state index in [1.807, 2.05) is 42.5 Å². The van der Waals surface area contributed by atoms with E-state index in [1.165, 1.54) is 0 Å². The summed E-state index contributed by atoms with van der Waals surface area (Å²) in [5.74, 6) is -0.692. The minimum absolute atomic E-state index is 0.0149. The van der Waals surface area contributed by atoms with Crippen LogP contribution in [0.4, 0.5) is 0 Å². The second-order valence-corrected chi connectivity index (χ2v) is 6.54. The van der Waals surface area contributed by atoms with E-state index in [4.69, 9.17) is 4.74 Å². The molecule has 0 aliphatic carbocycles. The first-order chi connectivity index (χ1) is 12.7. The Kier molecular flexibility index (Phi) is 4.29. The third-order valence-corrected chi connectivity index (χ3v) is 5.06. The van der Waals surface area contributed by atoms with Gasteiger partial charge in [0, 0.05) is 5.56 Å². The van der Waals surface area contributed by atoms with Crippen molar-refractivity contribution < 1.29 is 14.3 Å². The summed E-state index contributed by atoms with van der Waals surface area (Å²) in [6, 6.07) is 16.3. The highest BCUT2D eigenvalue weighted by atomic mass is 16.5. The normalized spacial score (nSPS) is 23.3. The second kappa shape index (κ2) is 6.75. The van der Waals surface area contributed by atoms with Gasteiger partial charge >= 0.3 is 5.97 Å². The molecule has 4 rings (SSSR count). The number of carbonyl (C=O) groups is 2. The molecule has 0 N–H and O–H groups in total. The molecule has 2 heterocycles. The molecular weight excluding hydrogens is 328 g/mol. The molecule has 2 aliphatic rings. The molecule has 0 radical (unpaired) electrons. The molecule has 5 heteroatoms. The van der Waals surface area contributed by atoms with Crippen molar-refractivity contribution in [2.75, 3.05) is 6.61 Å². The van der Waals surface area contributed by atoms with E-state index in [-0.39, 0.29) is 17.8 Å². The number of Topliss-reactive ketones (excluding diaryl/α,β-unsaturated/α-hetero) is 1. The number of ketones is 1. The van der Waals surface area contributed by atoms with Crippen LogP contribution in [-0.4, -0.2) is 35.6 Å². The first kappa shape index (κ1) is 16.5. The van der Waals surface area contributed by atoms with Gasteiger partial charge in [-0.05, 0) is 24.5 Å². The number of hydrogen-bond donors (Lipinski definition) is 0. The van der Waals surface area contributed by atoms with Crippen molar-refractivity contribution in [2.24, 2.45) is 11.0 Å². The van der Waals surface area contributed by atoms with Crippen LogP contribution in [0, 0.1) is 5.92 Å². The molecule has 0 spiro atoms. The quantitative estimate of drug-likeness (QED) is 0.629. The summed E-state index contributed by atoms with van der Waals surface area (Å²) in [5, 5.41) is 6.32. The second-order valence-electron chi connectivity index (χ2n) is 6.54. The highest BCUT2D eigenvalue weighted by molar-refractivity contribution is 6.01. The van der Waals surface area contributed by atoms with Gasteiger partial charge in [-0.25, -0.2) is 0 Å². The summed E-state index contributed by atoms with van der Waals surface area (Å²) < 4.78 is 5.29.